The lowest BCUT2D eigenvalue weighted by atomic mass is 10.1. The second kappa shape index (κ2) is 5.62. The Hall–Kier alpha value is -2.06. The van der Waals surface area contributed by atoms with Crippen LogP contribution < -0.4 is 0 Å². The van der Waals surface area contributed by atoms with Crippen LogP contribution in [0.25, 0.3) is 10.8 Å². The highest BCUT2D eigenvalue weighted by molar-refractivity contribution is 7.86. The van der Waals surface area contributed by atoms with Gasteiger partial charge in [0.2, 0.25) is 0 Å². The first-order chi connectivity index (χ1) is 10.1. The standard InChI is InChI=1S/C14H12F2O5S/c1-9(14(15,16)22(18,19)20)21-13(17)12-7-6-10-4-2-3-5-11(10)8-12/h2-9H,1H3,(H,18,19,20)/p-1. The highest BCUT2D eigenvalue weighted by atomic mass is 32.2. The molecule has 1 unspecified atom stereocenters. The third-order valence-corrected chi connectivity index (χ3v) is 4.07. The zero-order chi connectivity index (χ0) is 16.5. The quantitative estimate of drug-likeness (QED) is 0.636. The summed E-state index contributed by atoms with van der Waals surface area (Å²) >= 11 is 0. The molecule has 1 atom stereocenters. The number of rotatable bonds is 4. The minimum absolute atomic E-state index is 0.0235. The van der Waals surface area contributed by atoms with Gasteiger partial charge in [0, 0.05) is 0 Å². The monoisotopic (exact) mass is 329 g/mol. The molecule has 8 heteroatoms. The molecule has 0 aliphatic heterocycles. The molecule has 5 nitrogen and oxygen atoms in total. The van der Waals surface area contributed by atoms with Gasteiger partial charge >= 0.3 is 11.2 Å². The number of halogens is 2. The molecule has 2 aromatic carbocycles. The number of hydrogen-bond donors (Lipinski definition) is 0. The minimum Gasteiger partial charge on any atom is -0.743 e. The fourth-order valence-corrected chi connectivity index (χ4v) is 2.27. The lowest BCUT2D eigenvalue weighted by Gasteiger charge is -2.25. The second-order valence-electron chi connectivity index (χ2n) is 4.63. The van der Waals surface area contributed by atoms with E-state index in [1.54, 1.807) is 30.3 Å². The van der Waals surface area contributed by atoms with Gasteiger partial charge in [0.25, 0.3) is 0 Å². The molecule has 0 amide bonds. The van der Waals surface area contributed by atoms with Gasteiger partial charge < -0.3 is 9.29 Å². The largest absolute Gasteiger partial charge is 0.743 e. The van der Waals surface area contributed by atoms with E-state index in [2.05, 4.69) is 4.74 Å². The molecule has 0 aliphatic rings. The van der Waals surface area contributed by atoms with Crippen LogP contribution >= 0.6 is 0 Å². The van der Waals surface area contributed by atoms with Crippen molar-refractivity contribution in [1.82, 2.24) is 0 Å². The number of esters is 1. The fourth-order valence-electron chi connectivity index (χ4n) is 1.82. The van der Waals surface area contributed by atoms with Crippen LogP contribution in [0.4, 0.5) is 8.78 Å². The number of hydrogen-bond acceptors (Lipinski definition) is 5. The number of ether oxygens (including phenoxy) is 1. The number of fused-ring (bicyclic) bond motifs is 1. The van der Waals surface area contributed by atoms with Gasteiger partial charge in [-0.15, -0.1) is 0 Å². The van der Waals surface area contributed by atoms with Crippen LogP contribution in [-0.4, -0.2) is 30.3 Å². The van der Waals surface area contributed by atoms with Crippen molar-refractivity contribution >= 4 is 26.9 Å². The van der Waals surface area contributed by atoms with Crippen molar-refractivity contribution in [2.75, 3.05) is 0 Å². The van der Waals surface area contributed by atoms with Crippen LogP contribution in [-0.2, 0) is 14.9 Å². The molecule has 0 heterocycles. The summed E-state index contributed by atoms with van der Waals surface area (Å²) in [6.07, 6.45) is -2.39. The molecule has 0 saturated carbocycles. The predicted molar refractivity (Wildman–Crippen MR) is 73.5 cm³/mol. The van der Waals surface area contributed by atoms with Crippen molar-refractivity contribution in [1.29, 1.82) is 0 Å². The van der Waals surface area contributed by atoms with E-state index >= 15 is 0 Å². The maximum atomic E-state index is 13.3. The van der Waals surface area contributed by atoms with Gasteiger partial charge in [0.05, 0.1) is 5.56 Å². The number of alkyl halides is 2. The molecule has 2 aromatic rings. The number of benzene rings is 2. The molecule has 0 saturated heterocycles. The molecule has 0 bridgehead atoms. The van der Waals surface area contributed by atoms with E-state index in [-0.39, 0.29) is 5.56 Å². The molecule has 0 aliphatic carbocycles. The van der Waals surface area contributed by atoms with Crippen LogP contribution in [0.3, 0.4) is 0 Å². The summed E-state index contributed by atoms with van der Waals surface area (Å²) in [5, 5.41) is -3.17. The molecular formula is C14H11F2O5S-. The van der Waals surface area contributed by atoms with E-state index in [1.807, 2.05) is 0 Å². The predicted octanol–water partition coefficient (Wildman–Crippen LogP) is 2.52. The summed E-state index contributed by atoms with van der Waals surface area (Å²) in [5.41, 5.74) is -0.0235. The van der Waals surface area contributed by atoms with E-state index in [0.29, 0.717) is 12.3 Å². The van der Waals surface area contributed by atoms with Gasteiger partial charge in [-0.2, -0.15) is 8.78 Å². The summed E-state index contributed by atoms with van der Waals surface area (Å²) < 4.78 is 62.4. The Balaban J connectivity index is 2.24. The average Bonchev–Trinajstić information content (AvgIpc) is 2.45. The second-order valence-corrected chi connectivity index (χ2v) is 6.08. The summed E-state index contributed by atoms with van der Waals surface area (Å²) in [7, 11) is -5.92. The van der Waals surface area contributed by atoms with Crippen LogP contribution in [0.5, 0.6) is 0 Å². The lowest BCUT2D eigenvalue weighted by Crippen LogP contribution is -2.42. The smallest absolute Gasteiger partial charge is 0.370 e. The number of carbonyl (C=O) groups excluding carboxylic acids is 1. The minimum atomic E-state index is -5.92. The van der Waals surface area contributed by atoms with E-state index in [4.69, 9.17) is 0 Å². The Morgan fingerprint density at radius 1 is 1.18 bits per heavy atom. The molecular weight excluding hydrogens is 318 g/mol. The van der Waals surface area contributed by atoms with Crippen molar-refractivity contribution < 1.29 is 31.3 Å². The van der Waals surface area contributed by atoms with Gasteiger partial charge in [0.15, 0.2) is 16.2 Å². The van der Waals surface area contributed by atoms with Crippen molar-refractivity contribution in [2.24, 2.45) is 0 Å². The maximum absolute atomic E-state index is 13.3. The highest BCUT2D eigenvalue weighted by Crippen LogP contribution is 2.28. The van der Waals surface area contributed by atoms with Crippen molar-refractivity contribution in [3.8, 4) is 0 Å². The fraction of sp³-hybridized carbons (Fsp3) is 0.214. The third kappa shape index (κ3) is 3.07. The summed E-state index contributed by atoms with van der Waals surface area (Å²) in [4.78, 5) is 11.8. The Morgan fingerprint density at radius 3 is 2.36 bits per heavy atom. The number of carbonyl (C=O) groups is 1. The highest BCUT2D eigenvalue weighted by Gasteiger charge is 2.46. The van der Waals surface area contributed by atoms with Gasteiger partial charge in [-0.05, 0) is 29.8 Å². The first kappa shape index (κ1) is 16.3. The third-order valence-electron chi connectivity index (χ3n) is 3.08. The average molecular weight is 329 g/mol. The van der Waals surface area contributed by atoms with E-state index in [0.717, 1.165) is 5.39 Å². The first-order valence-corrected chi connectivity index (χ1v) is 7.57. The summed E-state index contributed by atoms with van der Waals surface area (Å²) in [5.74, 6) is -1.14. The maximum Gasteiger partial charge on any atom is 0.370 e. The Morgan fingerprint density at radius 2 is 1.77 bits per heavy atom. The van der Waals surface area contributed by atoms with Gasteiger partial charge in [-0.1, -0.05) is 30.3 Å². The van der Waals surface area contributed by atoms with Gasteiger partial charge in [0.1, 0.15) is 0 Å². The molecule has 0 fully saturated rings. The molecule has 118 valence electrons. The Labute approximate surface area is 125 Å². The summed E-state index contributed by atoms with van der Waals surface area (Å²) in [6, 6.07) is 11.4. The van der Waals surface area contributed by atoms with E-state index in [1.165, 1.54) is 12.1 Å². The van der Waals surface area contributed by atoms with Crippen LogP contribution in [0.2, 0.25) is 0 Å². The molecule has 0 aromatic heterocycles. The SMILES string of the molecule is CC(OC(=O)c1ccc2ccccc2c1)C(F)(F)S(=O)(=O)[O-]. The zero-order valence-corrected chi connectivity index (χ0v) is 12.1. The van der Waals surface area contributed by atoms with Gasteiger partial charge in [-0.25, -0.2) is 13.2 Å². The van der Waals surface area contributed by atoms with Crippen LogP contribution in [0.1, 0.15) is 17.3 Å². The molecule has 22 heavy (non-hydrogen) atoms. The van der Waals surface area contributed by atoms with Crippen molar-refractivity contribution in [2.45, 2.75) is 18.3 Å². The van der Waals surface area contributed by atoms with Gasteiger partial charge in [-0.3, -0.25) is 0 Å². The Kier molecular flexibility index (Phi) is 4.17. The van der Waals surface area contributed by atoms with Crippen LogP contribution in [0.15, 0.2) is 42.5 Å². The molecule has 0 N–H and O–H groups in total. The lowest BCUT2D eigenvalue weighted by molar-refractivity contribution is -0.0554. The normalized spacial score (nSPS) is 13.8. The topological polar surface area (TPSA) is 83.5 Å². The van der Waals surface area contributed by atoms with Crippen LogP contribution in [0, 0.1) is 0 Å². The Bertz CT molecular complexity index is 817. The van der Waals surface area contributed by atoms with Crippen molar-refractivity contribution in [3.63, 3.8) is 0 Å². The van der Waals surface area contributed by atoms with Crippen molar-refractivity contribution in [3.05, 3.63) is 48.0 Å². The van der Waals surface area contributed by atoms with E-state index in [9.17, 15) is 26.5 Å². The van der Waals surface area contributed by atoms with E-state index < -0.39 is 27.4 Å². The molecule has 2 rings (SSSR count). The molecule has 0 radical (unpaired) electrons. The molecule has 0 spiro atoms. The zero-order valence-electron chi connectivity index (χ0n) is 11.3. The summed E-state index contributed by atoms with van der Waals surface area (Å²) in [6.45, 7) is 0.647. The first-order valence-electron chi connectivity index (χ1n) is 6.16.